The first-order chi connectivity index (χ1) is 21.6. The van der Waals surface area contributed by atoms with E-state index in [4.69, 9.17) is 4.74 Å². The Morgan fingerprint density at radius 2 is 1.73 bits per heavy atom. The second-order valence-electron chi connectivity index (χ2n) is 12.7. The van der Waals surface area contributed by atoms with Gasteiger partial charge >= 0.3 is 0 Å². The van der Waals surface area contributed by atoms with E-state index in [2.05, 4.69) is 58.9 Å². The summed E-state index contributed by atoms with van der Waals surface area (Å²) in [6, 6.07) is 17.4. The molecule has 0 radical (unpaired) electrons. The zero-order chi connectivity index (χ0) is 31.6. The summed E-state index contributed by atoms with van der Waals surface area (Å²) in [5.41, 5.74) is 6.68. The van der Waals surface area contributed by atoms with Gasteiger partial charge in [0, 0.05) is 55.4 Å². The predicted molar refractivity (Wildman–Crippen MR) is 175 cm³/mol. The average Bonchev–Trinajstić information content (AvgIpc) is 3.46. The van der Waals surface area contributed by atoms with Crippen LogP contribution in [0.5, 0.6) is 0 Å². The van der Waals surface area contributed by atoms with Crippen molar-refractivity contribution in [3.8, 4) is 22.4 Å². The summed E-state index contributed by atoms with van der Waals surface area (Å²) in [6.45, 7) is 12.0. The largest absolute Gasteiger partial charge is 0.379 e. The number of fused-ring (bicyclic) bond motifs is 1. The Morgan fingerprint density at radius 3 is 2.51 bits per heavy atom. The third-order valence-electron chi connectivity index (χ3n) is 8.43. The highest BCUT2D eigenvalue weighted by Gasteiger charge is 2.19. The number of hydrogen-bond acceptors (Lipinski definition) is 6. The van der Waals surface area contributed by atoms with E-state index in [1.54, 1.807) is 18.5 Å². The van der Waals surface area contributed by atoms with Gasteiger partial charge < -0.3 is 10.1 Å². The highest BCUT2D eigenvalue weighted by atomic mass is 19.1. The Hall–Kier alpha value is -4.47. The summed E-state index contributed by atoms with van der Waals surface area (Å²) in [5, 5.41) is 2.80. The molecular weight excluding hydrogens is 567 g/mol. The number of halogens is 1. The lowest BCUT2D eigenvalue weighted by Crippen LogP contribution is -2.43. The second kappa shape index (κ2) is 12.9. The third-order valence-corrected chi connectivity index (χ3v) is 8.43. The highest BCUT2D eigenvalue weighted by Crippen LogP contribution is 2.28. The van der Waals surface area contributed by atoms with Gasteiger partial charge in [-0.3, -0.25) is 19.1 Å². The Kier molecular flexibility index (Phi) is 8.74. The van der Waals surface area contributed by atoms with Crippen molar-refractivity contribution in [2.45, 2.75) is 52.0 Å². The van der Waals surface area contributed by atoms with Gasteiger partial charge in [0.15, 0.2) is 0 Å². The molecule has 1 N–H and O–H groups in total. The number of anilines is 1. The Morgan fingerprint density at radius 1 is 0.956 bits per heavy atom. The van der Waals surface area contributed by atoms with E-state index in [0.717, 1.165) is 66.4 Å². The fourth-order valence-electron chi connectivity index (χ4n) is 5.77. The lowest BCUT2D eigenvalue weighted by Gasteiger charge is -2.32. The first-order valence-electron chi connectivity index (χ1n) is 15.4. The van der Waals surface area contributed by atoms with Gasteiger partial charge in [-0.15, -0.1) is 0 Å². The highest BCUT2D eigenvalue weighted by molar-refractivity contribution is 5.91. The van der Waals surface area contributed by atoms with E-state index in [1.165, 1.54) is 6.07 Å². The van der Waals surface area contributed by atoms with Crippen LogP contribution in [0.1, 0.15) is 44.5 Å². The van der Waals surface area contributed by atoms with Crippen molar-refractivity contribution in [1.82, 2.24) is 24.3 Å². The van der Waals surface area contributed by atoms with E-state index < -0.39 is 5.82 Å². The van der Waals surface area contributed by atoms with Crippen LogP contribution in [0.2, 0.25) is 0 Å². The molecule has 1 unspecified atom stereocenters. The molecule has 1 amide bonds. The van der Waals surface area contributed by atoms with Gasteiger partial charge in [0.1, 0.15) is 17.3 Å². The molecule has 8 nitrogen and oxygen atoms in total. The lowest BCUT2D eigenvalue weighted by molar-refractivity contribution is -0.115. The molecule has 0 bridgehead atoms. The number of hydrogen-bond donors (Lipinski definition) is 1. The fraction of sp³-hybridized carbons (Fsp3) is 0.333. The van der Waals surface area contributed by atoms with E-state index in [0.29, 0.717) is 23.0 Å². The molecular formula is C36H39FN6O2. The van der Waals surface area contributed by atoms with Crippen LogP contribution in [0.25, 0.3) is 28.0 Å². The fourth-order valence-corrected chi connectivity index (χ4v) is 5.77. The van der Waals surface area contributed by atoms with E-state index >= 15 is 4.39 Å². The molecule has 0 spiro atoms. The summed E-state index contributed by atoms with van der Waals surface area (Å²) >= 11 is 0. The third kappa shape index (κ3) is 7.10. The lowest BCUT2D eigenvalue weighted by atomic mass is 9.88. The van der Waals surface area contributed by atoms with Gasteiger partial charge in [0.05, 0.1) is 31.5 Å². The van der Waals surface area contributed by atoms with Gasteiger partial charge in [0.25, 0.3) is 0 Å². The number of carbonyl (C=O) groups excluding carboxylic acids is 1. The number of rotatable bonds is 8. The average molecular weight is 607 g/mol. The first-order valence-corrected chi connectivity index (χ1v) is 15.4. The summed E-state index contributed by atoms with van der Waals surface area (Å²) in [6.07, 6.45) is 8.02. The Balaban J connectivity index is 1.15. The number of carbonyl (C=O) groups is 1. The number of benzene rings is 1. The van der Waals surface area contributed by atoms with E-state index in [-0.39, 0.29) is 17.7 Å². The molecule has 4 aromatic heterocycles. The summed E-state index contributed by atoms with van der Waals surface area (Å²) in [7, 11) is 0. The molecule has 9 heteroatoms. The van der Waals surface area contributed by atoms with E-state index in [9.17, 15) is 4.79 Å². The first kappa shape index (κ1) is 30.6. The van der Waals surface area contributed by atoms with Crippen molar-refractivity contribution in [3.05, 3.63) is 102 Å². The normalized spacial score (nSPS) is 14.9. The minimum absolute atomic E-state index is 0.0751. The smallest absolute Gasteiger partial charge is 0.230 e. The van der Waals surface area contributed by atoms with Crippen LogP contribution >= 0.6 is 0 Å². The number of ether oxygens (including phenoxy) is 1. The van der Waals surface area contributed by atoms with Crippen LogP contribution < -0.4 is 5.32 Å². The van der Waals surface area contributed by atoms with Gasteiger partial charge in [-0.2, -0.15) is 0 Å². The van der Waals surface area contributed by atoms with E-state index in [1.807, 2.05) is 53.2 Å². The van der Waals surface area contributed by atoms with Gasteiger partial charge in [-0.1, -0.05) is 32.9 Å². The zero-order valence-corrected chi connectivity index (χ0v) is 26.3. The molecule has 1 aromatic carbocycles. The van der Waals surface area contributed by atoms with Crippen LogP contribution in [0, 0.1) is 5.82 Å². The van der Waals surface area contributed by atoms with Crippen molar-refractivity contribution >= 4 is 17.4 Å². The summed E-state index contributed by atoms with van der Waals surface area (Å²) in [4.78, 5) is 28.7. The Labute approximate surface area is 263 Å². The van der Waals surface area contributed by atoms with Crippen molar-refractivity contribution in [2.24, 2.45) is 0 Å². The summed E-state index contributed by atoms with van der Waals surface area (Å²) in [5.74, 6) is -0.307. The van der Waals surface area contributed by atoms with Crippen LogP contribution in [0.15, 0.2) is 79.4 Å². The standard InChI is InChI=1S/C36H39FN6O2/c1-24(42-13-15-45-16-14-42)17-30-18-25(7-10-38-30)26-9-12-43-32(23-40-34(43)20-26)28-6-5-27(31(37)19-28)21-35(44)41-33-22-29(8-11-39-33)36(2,3)4/h5-12,18-20,22-24H,13-17,21H2,1-4H3,(H,39,41,44). The van der Waals surface area contributed by atoms with Gasteiger partial charge in [0.2, 0.25) is 5.91 Å². The monoisotopic (exact) mass is 606 g/mol. The minimum atomic E-state index is -0.443. The van der Waals surface area contributed by atoms with Crippen LogP contribution in [-0.4, -0.2) is 62.5 Å². The number of aromatic nitrogens is 4. The molecule has 1 fully saturated rings. The number of amides is 1. The number of nitrogens with one attached hydrogen (secondary N) is 1. The van der Waals surface area contributed by atoms with Gasteiger partial charge in [-0.25, -0.2) is 14.4 Å². The van der Waals surface area contributed by atoms with Crippen molar-refractivity contribution in [1.29, 1.82) is 0 Å². The van der Waals surface area contributed by atoms with Crippen LogP contribution in [0.3, 0.4) is 0 Å². The number of nitrogens with zero attached hydrogens (tertiary/aromatic N) is 5. The molecule has 6 rings (SSSR count). The number of pyridine rings is 3. The minimum Gasteiger partial charge on any atom is -0.379 e. The quantitative estimate of drug-likeness (QED) is 0.222. The SMILES string of the molecule is CC(Cc1cc(-c2ccn3c(-c4ccc(CC(=O)Nc5cc(C(C)(C)C)ccn5)c(F)c4)cnc3c2)ccn1)N1CCOCC1. The maximum atomic E-state index is 15.3. The van der Waals surface area contributed by atoms with Crippen molar-refractivity contribution in [3.63, 3.8) is 0 Å². The molecule has 232 valence electrons. The molecule has 0 aliphatic carbocycles. The molecule has 1 aliphatic rings. The molecule has 45 heavy (non-hydrogen) atoms. The van der Waals surface area contributed by atoms with Crippen LogP contribution in [0.4, 0.5) is 10.2 Å². The molecule has 5 aromatic rings. The molecule has 5 heterocycles. The topological polar surface area (TPSA) is 84.7 Å². The molecule has 0 saturated carbocycles. The molecule has 1 atom stereocenters. The van der Waals surface area contributed by atoms with Crippen molar-refractivity contribution in [2.75, 3.05) is 31.6 Å². The summed E-state index contributed by atoms with van der Waals surface area (Å²) < 4.78 is 22.7. The number of morpholine rings is 1. The van der Waals surface area contributed by atoms with Crippen molar-refractivity contribution < 1.29 is 13.9 Å². The number of imidazole rings is 1. The molecule has 1 saturated heterocycles. The van der Waals surface area contributed by atoms with Crippen LogP contribution in [-0.2, 0) is 27.8 Å². The van der Waals surface area contributed by atoms with Gasteiger partial charge in [-0.05, 0) is 77.1 Å². The second-order valence-corrected chi connectivity index (χ2v) is 12.7. The maximum absolute atomic E-state index is 15.3. The maximum Gasteiger partial charge on any atom is 0.230 e. The Bertz CT molecular complexity index is 1820. The predicted octanol–water partition coefficient (Wildman–Crippen LogP) is 6.34. The molecule has 1 aliphatic heterocycles. The zero-order valence-electron chi connectivity index (χ0n) is 26.3.